The van der Waals surface area contributed by atoms with Crippen molar-refractivity contribution in [3.05, 3.63) is 34.3 Å². The number of urea groups is 1. The Hall–Kier alpha value is -1.34. The van der Waals surface area contributed by atoms with Crippen LogP contribution in [0.3, 0.4) is 0 Å². The lowest BCUT2D eigenvalue weighted by Gasteiger charge is -2.12. The molecule has 0 bridgehead atoms. The van der Waals surface area contributed by atoms with Crippen LogP contribution in [0.4, 0.5) is 4.79 Å². The van der Waals surface area contributed by atoms with E-state index >= 15 is 0 Å². The Morgan fingerprint density at radius 3 is 2.71 bits per heavy atom. The molecule has 0 aromatic carbocycles. The number of pyridine rings is 1. The van der Waals surface area contributed by atoms with E-state index in [1.165, 1.54) is 18.5 Å². The van der Waals surface area contributed by atoms with Crippen LogP contribution in [-0.2, 0) is 9.73 Å². The highest BCUT2D eigenvalue weighted by Gasteiger charge is 2.20. The van der Waals surface area contributed by atoms with Crippen molar-refractivity contribution in [2.24, 2.45) is 10.1 Å². The van der Waals surface area contributed by atoms with Gasteiger partial charge in [-0.15, -0.1) is 4.36 Å². The Morgan fingerprint density at radius 2 is 2.24 bits per heavy atom. The van der Waals surface area contributed by atoms with Crippen molar-refractivity contribution >= 4 is 27.4 Å². The molecule has 6 nitrogen and oxygen atoms in total. The smallest absolute Gasteiger partial charge is 0.346 e. The highest BCUT2D eigenvalue weighted by molar-refractivity contribution is 7.93. The van der Waals surface area contributed by atoms with E-state index in [4.69, 9.17) is 17.3 Å². The molecule has 0 aliphatic carbocycles. The average Bonchev–Trinajstić information content (AvgIpc) is 2.19. The van der Waals surface area contributed by atoms with Crippen molar-refractivity contribution in [3.8, 4) is 0 Å². The summed E-state index contributed by atoms with van der Waals surface area (Å²) in [7, 11) is -2.84. The van der Waals surface area contributed by atoms with Crippen LogP contribution in [0.25, 0.3) is 0 Å². The average molecular weight is 278 g/mol. The second kappa shape index (κ2) is 4.89. The predicted molar refractivity (Wildman–Crippen MR) is 64.9 cm³/mol. The fourth-order valence-corrected chi connectivity index (χ4v) is 2.50. The monoisotopic (exact) mass is 277 g/mol. The standard InChI is InChI=1S/C9H12ClN3O3S/c1-6(17(2,16)12-9(11)14)7-3-4-8(10)13(15)5-7/h3-6H,1-2H3,(H2,11,14). The van der Waals surface area contributed by atoms with Gasteiger partial charge < -0.3 is 10.9 Å². The highest BCUT2D eigenvalue weighted by atomic mass is 35.5. The van der Waals surface area contributed by atoms with E-state index in [9.17, 15) is 14.2 Å². The number of aromatic nitrogens is 1. The Bertz CT molecular complexity index is 567. The number of carbonyl (C=O) groups is 1. The first-order valence-electron chi connectivity index (χ1n) is 4.63. The molecule has 0 radical (unpaired) electrons. The van der Waals surface area contributed by atoms with Crippen molar-refractivity contribution in [3.63, 3.8) is 0 Å². The number of nitrogens with two attached hydrogens (primary N) is 1. The number of hydrogen-bond donors (Lipinski definition) is 1. The summed E-state index contributed by atoms with van der Waals surface area (Å²) in [6.45, 7) is 1.60. The lowest BCUT2D eigenvalue weighted by molar-refractivity contribution is -0.603. The minimum atomic E-state index is -2.84. The number of carbonyl (C=O) groups excluding carboxylic acids is 1. The molecule has 0 aliphatic rings. The molecule has 1 aromatic heterocycles. The van der Waals surface area contributed by atoms with Crippen molar-refractivity contribution in [1.82, 2.24) is 0 Å². The predicted octanol–water partition coefficient (Wildman–Crippen LogP) is 1.21. The van der Waals surface area contributed by atoms with Gasteiger partial charge in [0.25, 0.3) is 5.15 Å². The second-order valence-electron chi connectivity index (χ2n) is 3.54. The van der Waals surface area contributed by atoms with Gasteiger partial charge in [-0.25, -0.2) is 9.00 Å². The third kappa shape index (κ3) is 3.31. The summed E-state index contributed by atoms with van der Waals surface area (Å²) in [6.07, 6.45) is 2.51. The molecule has 2 amide bonds. The zero-order chi connectivity index (χ0) is 13.2. The van der Waals surface area contributed by atoms with Gasteiger partial charge in [-0.05, 0) is 24.6 Å². The number of nitrogens with zero attached hydrogens (tertiary/aromatic N) is 2. The molecule has 0 spiro atoms. The van der Waals surface area contributed by atoms with Crippen LogP contribution in [0.5, 0.6) is 0 Å². The molecule has 94 valence electrons. The summed E-state index contributed by atoms with van der Waals surface area (Å²) in [5.41, 5.74) is 5.35. The molecule has 1 rings (SSSR count). The summed E-state index contributed by atoms with van der Waals surface area (Å²) in [5.74, 6) is 0. The molecule has 0 aliphatic heterocycles. The van der Waals surface area contributed by atoms with E-state index < -0.39 is 21.0 Å². The Morgan fingerprint density at radius 1 is 1.65 bits per heavy atom. The van der Waals surface area contributed by atoms with E-state index in [-0.39, 0.29) is 5.15 Å². The SMILES string of the molecule is CC(c1ccc(Cl)[n+]([O-])c1)S(C)(=O)=NC(N)=O. The largest absolute Gasteiger partial charge is 0.618 e. The van der Waals surface area contributed by atoms with Crippen LogP contribution in [0.2, 0.25) is 5.15 Å². The minimum absolute atomic E-state index is 0.00962. The quantitative estimate of drug-likeness (QED) is 0.499. The highest BCUT2D eigenvalue weighted by Crippen LogP contribution is 2.22. The summed E-state index contributed by atoms with van der Waals surface area (Å²) in [5, 5.41) is 10.7. The molecule has 0 saturated carbocycles. The molecule has 0 fully saturated rings. The number of hydrogen-bond acceptors (Lipinski definition) is 3. The zero-order valence-electron chi connectivity index (χ0n) is 9.29. The third-order valence-electron chi connectivity index (χ3n) is 2.29. The van der Waals surface area contributed by atoms with Crippen LogP contribution in [-0.4, -0.2) is 16.5 Å². The van der Waals surface area contributed by atoms with E-state index in [1.807, 2.05) is 0 Å². The lowest BCUT2D eigenvalue weighted by atomic mass is 10.2. The first-order valence-corrected chi connectivity index (χ1v) is 6.99. The van der Waals surface area contributed by atoms with E-state index in [1.54, 1.807) is 13.0 Å². The first kappa shape index (κ1) is 13.7. The van der Waals surface area contributed by atoms with Gasteiger partial charge in [-0.2, -0.15) is 4.73 Å². The van der Waals surface area contributed by atoms with Gasteiger partial charge in [0, 0.05) is 17.9 Å². The summed E-state index contributed by atoms with van der Waals surface area (Å²) < 4.78 is 15.9. The number of rotatable bonds is 2. The van der Waals surface area contributed by atoms with E-state index in [0.717, 1.165) is 0 Å². The van der Waals surface area contributed by atoms with Gasteiger partial charge in [0.15, 0.2) is 6.20 Å². The third-order valence-corrected chi connectivity index (χ3v) is 4.71. The molecular formula is C9H12ClN3O3S. The Balaban J connectivity index is 3.21. The van der Waals surface area contributed by atoms with E-state index in [0.29, 0.717) is 10.3 Å². The Kier molecular flexibility index (Phi) is 3.94. The van der Waals surface area contributed by atoms with Gasteiger partial charge in [-0.1, -0.05) is 0 Å². The maximum Gasteiger partial charge on any atom is 0.346 e. The van der Waals surface area contributed by atoms with Crippen molar-refractivity contribution in [2.75, 3.05) is 6.26 Å². The molecule has 0 saturated heterocycles. The summed E-state index contributed by atoms with van der Waals surface area (Å²) in [6, 6.07) is 1.95. The van der Waals surface area contributed by atoms with Gasteiger partial charge in [0.1, 0.15) is 0 Å². The Labute approximate surface area is 104 Å². The van der Waals surface area contributed by atoms with Crippen LogP contribution in [0.1, 0.15) is 17.7 Å². The molecule has 8 heteroatoms. The number of halogens is 1. The normalized spacial score (nSPS) is 15.9. The molecular weight excluding hydrogens is 266 g/mol. The molecule has 17 heavy (non-hydrogen) atoms. The van der Waals surface area contributed by atoms with Crippen LogP contribution in [0, 0.1) is 5.21 Å². The lowest BCUT2D eigenvalue weighted by Crippen LogP contribution is -2.28. The minimum Gasteiger partial charge on any atom is -0.618 e. The van der Waals surface area contributed by atoms with Crippen molar-refractivity contribution in [2.45, 2.75) is 12.2 Å². The topological polar surface area (TPSA) is 99.5 Å². The van der Waals surface area contributed by atoms with Gasteiger partial charge >= 0.3 is 6.03 Å². The molecule has 2 N–H and O–H groups in total. The first-order chi connectivity index (χ1) is 7.74. The summed E-state index contributed by atoms with van der Waals surface area (Å²) >= 11 is 5.57. The fourth-order valence-electron chi connectivity index (χ4n) is 1.23. The van der Waals surface area contributed by atoms with Crippen molar-refractivity contribution in [1.29, 1.82) is 0 Å². The number of amides is 2. The second-order valence-corrected chi connectivity index (χ2v) is 6.54. The molecule has 1 heterocycles. The van der Waals surface area contributed by atoms with Crippen LogP contribution >= 0.6 is 11.6 Å². The fraction of sp³-hybridized carbons (Fsp3) is 0.333. The van der Waals surface area contributed by atoms with Gasteiger partial charge in [0.2, 0.25) is 0 Å². The molecule has 2 atom stereocenters. The molecule has 1 aromatic rings. The van der Waals surface area contributed by atoms with E-state index in [2.05, 4.69) is 4.36 Å². The zero-order valence-corrected chi connectivity index (χ0v) is 10.9. The molecule has 2 unspecified atom stereocenters. The van der Waals surface area contributed by atoms with Gasteiger partial charge in [0.05, 0.1) is 15.0 Å². The van der Waals surface area contributed by atoms with Gasteiger partial charge in [-0.3, -0.25) is 0 Å². The van der Waals surface area contributed by atoms with Crippen LogP contribution in [0.15, 0.2) is 22.7 Å². The van der Waals surface area contributed by atoms with Crippen LogP contribution < -0.4 is 10.5 Å². The summed E-state index contributed by atoms with van der Waals surface area (Å²) in [4.78, 5) is 10.7. The van der Waals surface area contributed by atoms with Crippen molar-refractivity contribution < 1.29 is 13.7 Å². The maximum absolute atomic E-state index is 12.1. The number of primary amides is 1. The maximum atomic E-state index is 12.1.